The zero-order valence-electron chi connectivity index (χ0n) is 21.8. The molecule has 200 valence electrons. The highest BCUT2D eigenvalue weighted by atomic mass is 32.2. The van der Waals surface area contributed by atoms with Crippen molar-refractivity contribution in [2.24, 2.45) is 5.92 Å². The first-order chi connectivity index (χ1) is 18.4. The van der Waals surface area contributed by atoms with E-state index >= 15 is 0 Å². The fourth-order valence-electron chi connectivity index (χ4n) is 4.84. The molecule has 1 saturated heterocycles. The molecule has 1 saturated carbocycles. The molecule has 1 aliphatic carbocycles. The molecule has 2 aliphatic rings. The first-order valence-electron chi connectivity index (χ1n) is 13.0. The number of amides is 1. The molecule has 0 aromatic heterocycles. The molecule has 0 radical (unpaired) electrons. The molecule has 9 heteroatoms. The van der Waals surface area contributed by atoms with Gasteiger partial charge in [0.25, 0.3) is 0 Å². The van der Waals surface area contributed by atoms with Gasteiger partial charge in [-0.1, -0.05) is 42.5 Å². The lowest BCUT2D eigenvalue weighted by atomic mass is 10.1. The molecule has 1 unspecified atom stereocenters. The third-order valence-corrected chi connectivity index (χ3v) is 8.71. The normalized spacial score (nSPS) is 16.7. The van der Waals surface area contributed by atoms with Gasteiger partial charge in [-0.2, -0.15) is 0 Å². The molecule has 5 rings (SSSR count). The minimum atomic E-state index is -3.90. The van der Waals surface area contributed by atoms with Crippen LogP contribution in [0.15, 0.2) is 77.7 Å². The van der Waals surface area contributed by atoms with Gasteiger partial charge in [0.2, 0.25) is 15.9 Å². The van der Waals surface area contributed by atoms with Crippen LogP contribution in [0.4, 0.5) is 17.1 Å². The topological polar surface area (TPSA) is 91.0 Å². The third-order valence-electron chi connectivity index (χ3n) is 7.14. The van der Waals surface area contributed by atoms with Crippen molar-refractivity contribution in [3.8, 4) is 5.75 Å². The number of carbonyl (C=O) groups is 1. The summed E-state index contributed by atoms with van der Waals surface area (Å²) in [5.74, 6) is 0.783. The van der Waals surface area contributed by atoms with E-state index in [9.17, 15) is 13.2 Å². The van der Waals surface area contributed by atoms with Crippen molar-refractivity contribution in [2.75, 3.05) is 48.4 Å². The number of para-hydroxylation sites is 2. The fourth-order valence-corrected chi connectivity index (χ4v) is 6.33. The van der Waals surface area contributed by atoms with Gasteiger partial charge in [-0.15, -0.1) is 0 Å². The van der Waals surface area contributed by atoms with E-state index in [2.05, 4.69) is 19.8 Å². The number of ether oxygens (including phenoxy) is 1. The second-order valence-electron chi connectivity index (χ2n) is 9.85. The Morgan fingerprint density at radius 2 is 1.53 bits per heavy atom. The van der Waals surface area contributed by atoms with Crippen LogP contribution in [0.3, 0.4) is 0 Å². The van der Waals surface area contributed by atoms with Crippen LogP contribution in [0.5, 0.6) is 5.75 Å². The number of hydrogen-bond donors (Lipinski definition) is 2. The van der Waals surface area contributed by atoms with Crippen molar-refractivity contribution in [3.63, 3.8) is 0 Å². The number of hydrogen-bond acceptors (Lipinski definition) is 6. The van der Waals surface area contributed by atoms with Crippen LogP contribution in [0, 0.1) is 5.92 Å². The van der Waals surface area contributed by atoms with Crippen LogP contribution >= 0.6 is 0 Å². The monoisotopic (exact) mass is 534 g/mol. The lowest BCUT2D eigenvalue weighted by Crippen LogP contribution is -2.47. The van der Waals surface area contributed by atoms with Crippen molar-refractivity contribution in [3.05, 3.63) is 78.4 Å². The van der Waals surface area contributed by atoms with E-state index in [0.717, 1.165) is 29.8 Å². The van der Waals surface area contributed by atoms with Gasteiger partial charge in [-0.25, -0.2) is 13.1 Å². The molecule has 1 aliphatic heterocycles. The Hall–Kier alpha value is -3.56. The summed E-state index contributed by atoms with van der Waals surface area (Å²) in [7, 11) is -2.24. The number of piperazine rings is 1. The van der Waals surface area contributed by atoms with Gasteiger partial charge >= 0.3 is 0 Å². The van der Waals surface area contributed by atoms with Gasteiger partial charge in [-0.3, -0.25) is 4.79 Å². The maximum Gasteiger partial charge on any atom is 0.243 e. The summed E-state index contributed by atoms with van der Waals surface area (Å²) in [6.07, 6.45) is 1.75. The number of nitrogens with zero attached hydrogens (tertiary/aromatic N) is 2. The Kier molecular flexibility index (Phi) is 7.58. The molecule has 8 nitrogen and oxygen atoms in total. The predicted octanol–water partition coefficient (Wildman–Crippen LogP) is 4.41. The van der Waals surface area contributed by atoms with Gasteiger partial charge < -0.3 is 19.9 Å². The molecule has 2 N–H and O–H groups in total. The maximum atomic E-state index is 13.8. The number of carbonyl (C=O) groups excluding carboxylic acids is 1. The van der Waals surface area contributed by atoms with Crippen molar-refractivity contribution in [2.45, 2.75) is 30.7 Å². The third kappa shape index (κ3) is 5.79. The van der Waals surface area contributed by atoms with Crippen molar-refractivity contribution in [1.29, 1.82) is 0 Å². The first-order valence-corrected chi connectivity index (χ1v) is 14.5. The summed E-state index contributed by atoms with van der Waals surface area (Å²) in [5.41, 5.74) is 3.02. The van der Waals surface area contributed by atoms with Crippen LogP contribution in [-0.2, 0) is 14.8 Å². The minimum Gasteiger partial charge on any atom is -0.495 e. The summed E-state index contributed by atoms with van der Waals surface area (Å²) >= 11 is 0. The second-order valence-corrected chi connectivity index (χ2v) is 11.5. The molecule has 1 amide bonds. The smallest absolute Gasteiger partial charge is 0.243 e. The van der Waals surface area contributed by atoms with E-state index in [0.29, 0.717) is 37.6 Å². The highest BCUT2D eigenvalue weighted by Gasteiger charge is 2.31. The Balaban J connectivity index is 1.41. The molecule has 3 aromatic rings. The van der Waals surface area contributed by atoms with Gasteiger partial charge in [-0.05, 0) is 55.7 Å². The Labute approximate surface area is 224 Å². The van der Waals surface area contributed by atoms with Crippen LogP contribution in [0.25, 0.3) is 0 Å². The highest BCUT2D eigenvalue weighted by molar-refractivity contribution is 7.89. The lowest BCUT2D eigenvalue weighted by molar-refractivity contribution is -0.117. The number of sulfonamides is 1. The number of nitrogens with one attached hydrogen (secondary N) is 2. The van der Waals surface area contributed by atoms with Crippen molar-refractivity contribution in [1.82, 2.24) is 4.72 Å². The number of benzene rings is 3. The minimum absolute atomic E-state index is 0.0222. The Morgan fingerprint density at radius 3 is 2.18 bits per heavy atom. The molecule has 38 heavy (non-hydrogen) atoms. The average Bonchev–Trinajstić information content (AvgIpc) is 3.79. The van der Waals surface area contributed by atoms with Gasteiger partial charge in [0.15, 0.2) is 0 Å². The van der Waals surface area contributed by atoms with Gasteiger partial charge in [0, 0.05) is 43.8 Å². The fraction of sp³-hybridized carbons (Fsp3) is 0.345. The molecule has 1 atom stereocenters. The summed E-state index contributed by atoms with van der Waals surface area (Å²) < 4.78 is 35.9. The van der Waals surface area contributed by atoms with E-state index in [1.165, 1.54) is 0 Å². The highest BCUT2D eigenvalue weighted by Crippen LogP contribution is 2.34. The van der Waals surface area contributed by atoms with Crippen LogP contribution in [0.2, 0.25) is 0 Å². The average molecular weight is 535 g/mol. The zero-order valence-corrected chi connectivity index (χ0v) is 22.6. The van der Waals surface area contributed by atoms with Crippen molar-refractivity contribution < 1.29 is 17.9 Å². The van der Waals surface area contributed by atoms with Gasteiger partial charge in [0.05, 0.1) is 18.5 Å². The largest absolute Gasteiger partial charge is 0.495 e. The van der Waals surface area contributed by atoms with E-state index in [4.69, 9.17) is 4.74 Å². The zero-order chi connectivity index (χ0) is 26.7. The molecule has 3 aromatic carbocycles. The second kappa shape index (κ2) is 11.0. The van der Waals surface area contributed by atoms with E-state index in [-0.39, 0.29) is 16.7 Å². The summed E-state index contributed by atoms with van der Waals surface area (Å²) in [6.45, 7) is 4.55. The summed E-state index contributed by atoms with van der Waals surface area (Å²) in [4.78, 5) is 16.9. The SMILES string of the molecule is COc1ccccc1N1CCN(c2ccc(NC(=O)C3CC3)cc2S(=O)(=O)NC(C)c2ccccc2)CC1. The lowest BCUT2D eigenvalue weighted by Gasteiger charge is -2.38. The Morgan fingerprint density at radius 1 is 0.895 bits per heavy atom. The summed E-state index contributed by atoms with van der Waals surface area (Å²) in [6, 6.07) is 22.2. The van der Waals surface area contributed by atoms with Crippen LogP contribution < -0.4 is 24.6 Å². The summed E-state index contributed by atoms with van der Waals surface area (Å²) in [5, 5.41) is 2.90. The van der Waals surface area contributed by atoms with Crippen LogP contribution in [-0.4, -0.2) is 47.6 Å². The van der Waals surface area contributed by atoms with E-state index < -0.39 is 16.1 Å². The molecule has 0 spiro atoms. The molecule has 1 heterocycles. The van der Waals surface area contributed by atoms with E-state index in [1.807, 2.05) is 67.6 Å². The van der Waals surface area contributed by atoms with E-state index in [1.54, 1.807) is 19.2 Å². The number of methoxy groups -OCH3 is 1. The molecular formula is C29H34N4O4S. The molecule has 0 bridgehead atoms. The van der Waals surface area contributed by atoms with Crippen LogP contribution in [0.1, 0.15) is 31.4 Å². The number of anilines is 3. The standard InChI is InChI=1S/C29H34N4O4S/c1-21(22-8-4-3-5-9-22)31-38(35,36)28-20-24(30-29(34)23-12-13-23)14-15-26(28)33-18-16-32(17-19-33)25-10-6-7-11-27(25)37-2/h3-11,14-15,20-21,23,31H,12-13,16-19H2,1-2H3,(H,30,34). The predicted molar refractivity (Wildman–Crippen MR) is 150 cm³/mol. The number of rotatable bonds is 9. The van der Waals surface area contributed by atoms with Gasteiger partial charge in [0.1, 0.15) is 10.6 Å². The Bertz CT molecular complexity index is 1380. The quantitative estimate of drug-likeness (QED) is 0.423. The maximum absolute atomic E-state index is 13.8. The molecule has 2 fully saturated rings. The first kappa shape index (κ1) is 26.1. The molecular weight excluding hydrogens is 500 g/mol. The van der Waals surface area contributed by atoms with Crippen molar-refractivity contribution >= 4 is 33.0 Å².